The summed E-state index contributed by atoms with van der Waals surface area (Å²) in [6.07, 6.45) is -3.63. The number of para-hydroxylation sites is 1. The number of fused-ring (bicyclic) bond motifs is 1. The number of aromatic amines is 1. The zero-order valence-electron chi connectivity index (χ0n) is 14.9. The molecule has 0 unspecified atom stereocenters. The maximum atomic E-state index is 12.7. The van der Waals surface area contributed by atoms with Crippen molar-refractivity contribution < 1.29 is 17.9 Å². The molecular weight excluding hydrogens is 444 g/mol. The normalized spacial score (nSPS) is 11.8. The van der Waals surface area contributed by atoms with Gasteiger partial charge in [-0.1, -0.05) is 41.4 Å². The molecule has 2 aromatic heterocycles. The molecule has 0 saturated heterocycles. The Morgan fingerprint density at radius 3 is 2.67 bits per heavy atom. The minimum absolute atomic E-state index is 0.105. The van der Waals surface area contributed by atoms with Crippen LogP contribution in [-0.2, 0) is 6.42 Å². The number of nitrogens with one attached hydrogen (secondary N) is 1. The van der Waals surface area contributed by atoms with Crippen LogP contribution in [0.15, 0.2) is 53.5 Å². The first-order chi connectivity index (χ1) is 14.2. The average Bonchev–Trinajstić information content (AvgIpc) is 3.08. The molecule has 0 saturated carbocycles. The smallest absolute Gasteiger partial charge is 0.405 e. The second-order valence-electron chi connectivity index (χ2n) is 6.23. The van der Waals surface area contributed by atoms with Gasteiger partial charge in [0, 0.05) is 17.0 Å². The third-order valence-electron chi connectivity index (χ3n) is 4.18. The molecule has 2 aromatic carbocycles. The van der Waals surface area contributed by atoms with Crippen molar-refractivity contribution in [3.63, 3.8) is 0 Å². The molecule has 0 fully saturated rings. The molecule has 154 valence electrons. The third-order valence-corrected chi connectivity index (χ3v) is 4.73. The molecular formula is C19H11Cl2F3N4O2. The van der Waals surface area contributed by atoms with Crippen LogP contribution in [0.5, 0.6) is 5.75 Å². The first-order valence-corrected chi connectivity index (χ1v) is 9.23. The van der Waals surface area contributed by atoms with Crippen LogP contribution in [0.25, 0.3) is 16.7 Å². The molecule has 6 nitrogen and oxygen atoms in total. The monoisotopic (exact) mass is 454 g/mol. The Morgan fingerprint density at radius 2 is 1.90 bits per heavy atom. The fourth-order valence-electron chi connectivity index (χ4n) is 2.93. The van der Waals surface area contributed by atoms with Crippen molar-refractivity contribution in [2.24, 2.45) is 0 Å². The maximum Gasteiger partial charge on any atom is 0.573 e. The van der Waals surface area contributed by atoms with E-state index in [-0.39, 0.29) is 34.6 Å². The van der Waals surface area contributed by atoms with Gasteiger partial charge in [-0.2, -0.15) is 5.10 Å². The van der Waals surface area contributed by atoms with Gasteiger partial charge in [0.15, 0.2) is 5.65 Å². The number of nitrogens with zero attached hydrogens (tertiary/aromatic N) is 3. The number of H-pyrrole nitrogens is 1. The van der Waals surface area contributed by atoms with Crippen LogP contribution in [-0.4, -0.2) is 26.1 Å². The second-order valence-corrected chi connectivity index (χ2v) is 7.08. The van der Waals surface area contributed by atoms with Crippen LogP contribution >= 0.6 is 23.2 Å². The Labute approximate surface area is 176 Å². The molecule has 0 aliphatic heterocycles. The van der Waals surface area contributed by atoms with Crippen molar-refractivity contribution in [3.05, 3.63) is 80.4 Å². The average molecular weight is 455 g/mol. The van der Waals surface area contributed by atoms with E-state index in [1.165, 1.54) is 29.1 Å². The van der Waals surface area contributed by atoms with Crippen LogP contribution in [0, 0.1) is 0 Å². The van der Waals surface area contributed by atoms with Crippen molar-refractivity contribution in [1.82, 2.24) is 19.7 Å². The predicted octanol–water partition coefficient (Wildman–Crippen LogP) is 4.91. The van der Waals surface area contributed by atoms with E-state index in [1.54, 1.807) is 24.3 Å². The van der Waals surface area contributed by atoms with Crippen molar-refractivity contribution in [1.29, 1.82) is 0 Å². The number of hydrogen-bond acceptors (Lipinski definition) is 4. The quantitative estimate of drug-likeness (QED) is 0.475. The van der Waals surface area contributed by atoms with Gasteiger partial charge in [-0.25, -0.2) is 9.67 Å². The molecule has 2 heterocycles. The van der Waals surface area contributed by atoms with E-state index in [1.807, 2.05) is 0 Å². The lowest BCUT2D eigenvalue weighted by atomic mass is 10.1. The van der Waals surface area contributed by atoms with E-state index >= 15 is 0 Å². The number of aromatic nitrogens is 4. The topological polar surface area (TPSA) is 72.8 Å². The van der Waals surface area contributed by atoms with Crippen LogP contribution in [0.4, 0.5) is 13.2 Å². The van der Waals surface area contributed by atoms with Gasteiger partial charge in [-0.05, 0) is 24.3 Å². The highest BCUT2D eigenvalue weighted by Crippen LogP contribution is 2.28. The maximum absolute atomic E-state index is 12.7. The highest BCUT2D eigenvalue weighted by molar-refractivity contribution is 6.34. The Kier molecular flexibility index (Phi) is 5.17. The first-order valence-electron chi connectivity index (χ1n) is 8.47. The zero-order valence-corrected chi connectivity index (χ0v) is 16.4. The summed E-state index contributed by atoms with van der Waals surface area (Å²) in [4.78, 5) is 19.4. The molecule has 11 heteroatoms. The van der Waals surface area contributed by atoms with E-state index < -0.39 is 11.9 Å². The summed E-state index contributed by atoms with van der Waals surface area (Å²) in [6.45, 7) is 0. The lowest BCUT2D eigenvalue weighted by molar-refractivity contribution is -0.274. The molecule has 0 aliphatic carbocycles. The largest absolute Gasteiger partial charge is 0.573 e. The number of benzene rings is 2. The summed E-state index contributed by atoms with van der Waals surface area (Å²) in [5.41, 5.74) is 0.300. The number of ether oxygens (including phenoxy) is 1. The van der Waals surface area contributed by atoms with Gasteiger partial charge in [0.05, 0.1) is 16.9 Å². The van der Waals surface area contributed by atoms with Gasteiger partial charge in [0.2, 0.25) is 0 Å². The Balaban J connectivity index is 1.79. The Morgan fingerprint density at radius 1 is 1.13 bits per heavy atom. The molecule has 0 atom stereocenters. The number of rotatable bonds is 4. The standard InChI is InChI=1S/C19H11Cl2F3N4O2/c20-11-5-6-13(21)14(8-11)28-17-12(9-25-28)18(29)27-16(26-17)7-10-3-1-2-4-15(10)30-19(22,23)24/h1-6,8-9H,7H2,(H,26,27,29). The summed E-state index contributed by atoms with van der Waals surface area (Å²) in [6, 6.07) is 10.4. The van der Waals surface area contributed by atoms with Crippen molar-refractivity contribution in [2.45, 2.75) is 12.8 Å². The molecule has 0 bridgehead atoms. The molecule has 4 rings (SSSR count). The minimum Gasteiger partial charge on any atom is -0.405 e. The molecule has 1 N–H and O–H groups in total. The van der Waals surface area contributed by atoms with Gasteiger partial charge in [-0.15, -0.1) is 13.2 Å². The number of halogens is 5. The van der Waals surface area contributed by atoms with Crippen LogP contribution < -0.4 is 10.3 Å². The number of alkyl halides is 3. The summed E-state index contributed by atoms with van der Waals surface area (Å²) in [7, 11) is 0. The highest BCUT2D eigenvalue weighted by atomic mass is 35.5. The van der Waals surface area contributed by atoms with E-state index in [9.17, 15) is 18.0 Å². The van der Waals surface area contributed by atoms with Crippen LogP contribution in [0.2, 0.25) is 10.0 Å². The minimum atomic E-state index is -4.84. The van der Waals surface area contributed by atoms with E-state index in [0.29, 0.717) is 15.7 Å². The van der Waals surface area contributed by atoms with Crippen LogP contribution in [0.3, 0.4) is 0 Å². The van der Waals surface area contributed by atoms with Gasteiger partial charge in [0.1, 0.15) is 17.0 Å². The van der Waals surface area contributed by atoms with Gasteiger partial charge >= 0.3 is 6.36 Å². The van der Waals surface area contributed by atoms with E-state index in [2.05, 4.69) is 19.8 Å². The lowest BCUT2D eigenvalue weighted by Gasteiger charge is -2.13. The first kappa shape index (κ1) is 20.2. The third kappa shape index (κ3) is 4.12. The molecule has 4 aromatic rings. The molecule has 0 radical (unpaired) electrons. The second kappa shape index (κ2) is 7.66. The Hall–Kier alpha value is -3.04. The molecule has 30 heavy (non-hydrogen) atoms. The summed E-state index contributed by atoms with van der Waals surface area (Å²) in [5.74, 6) is -0.246. The zero-order chi connectivity index (χ0) is 21.5. The summed E-state index contributed by atoms with van der Waals surface area (Å²) < 4.78 is 43.4. The van der Waals surface area contributed by atoms with Crippen molar-refractivity contribution in [3.8, 4) is 11.4 Å². The van der Waals surface area contributed by atoms with Gasteiger partial charge in [-0.3, -0.25) is 4.79 Å². The molecule has 0 amide bonds. The van der Waals surface area contributed by atoms with Crippen molar-refractivity contribution >= 4 is 34.2 Å². The number of hydrogen-bond donors (Lipinski definition) is 1. The summed E-state index contributed by atoms with van der Waals surface area (Å²) >= 11 is 12.3. The lowest BCUT2D eigenvalue weighted by Crippen LogP contribution is -2.18. The SMILES string of the molecule is O=c1[nH]c(Cc2ccccc2OC(F)(F)F)nc2c1cnn2-c1cc(Cl)ccc1Cl. The molecule has 0 aliphatic rings. The van der Waals surface area contributed by atoms with E-state index in [0.717, 1.165) is 0 Å². The fourth-order valence-corrected chi connectivity index (χ4v) is 3.29. The van der Waals surface area contributed by atoms with Crippen molar-refractivity contribution in [2.75, 3.05) is 0 Å². The summed E-state index contributed by atoms with van der Waals surface area (Å²) in [5, 5.41) is 5.08. The predicted molar refractivity (Wildman–Crippen MR) is 105 cm³/mol. The van der Waals surface area contributed by atoms with Crippen LogP contribution in [0.1, 0.15) is 11.4 Å². The van der Waals surface area contributed by atoms with E-state index in [4.69, 9.17) is 23.2 Å². The van der Waals surface area contributed by atoms with Gasteiger partial charge < -0.3 is 9.72 Å². The Bertz CT molecular complexity index is 1300. The molecule has 0 spiro atoms. The highest BCUT2D eigenvalue weighted by Gasteiger charge is 2.32. The van der Waals surface area contributed by atoms with Gasteiger partial charge in [0.25, 0.3) is 5.56 Å². The fraction of sp³-hybridized carbons (Fsp3) is 0.105.